The molecule has 1 N–H and O–H groups in total. The maximum atomic E-state index is 13.5. The van der Waals surface area contributed by atoms with E-state index in [0.717, 1.165) is 41.7 Å². The van der Waals surface area contributed by atoms with Gasteiger partial charge in [0, 0.05) is 24.0 Å². The number of carbonyl (C=O) groups is 1. The van der Waals surface area contributed by atoms with Crippen LogP contribution >= 0.6 is 11.6 Å². The number of nitrogens with one attached hydrogen (secondary N) is 1. The van der Waals surface area contributed by atoms with E-state index >= 15 is 0 Å². The van der Waals surface area contributed by atoms with Gasteiger partial charge in [0.25, 0.3) is 5.91 Å². The minimum absolute atomic E-state index is 0.194. The van der Waals surface area contributed by atoms with E-state index in [1.54, 1.807) is 18.0 Å². The van der Waals surface area contributed by atoms with Crippen LogP contribution in [0.3, 0.4) is 0 Å². The molecule has 2 atom stereocenters. The van der Waals surface area contributed by atoms with Crippen molar-refractivity contribution in [1.82, 2.24) is 30.0 Å². The zero-order valence-corrected chi connectivity index (χ0v) is 17.7. The molecule has 11 heteroatoms. The zero-order valence-electron chi connectivity index (χ0n) is 16.9. The van der Waals surface area contributed by atoms with E-state index in [1.165, 1.54) is 6.07 Å². The molecule has 3 aromatic rings. The fraction of sp³-hybridized carbons (Fsp3) is 0.381. The van der Waals surface area contributed by atoms with Gasteiger partial charge in [-0.15, -0.1) is 0 Å². The monoisotopic (exact) mass is 462 g/mol. The standard InChI is InChI=1S/C21H18ClF3N6O/c1-10-28-17(14-6-8-27-30-14)13-9-11-3-2-4-15(18(13)29-10)31(11)20(32)12-5-7-26-19(16(12)22)21(23,24)25/h5-8,11,15H,2-4,9H2,1H3,(H,27,30)/t11-,15+/m1/s1. The summed E-state index contributed by atoms with van der Waals surface area (Å²) in [5, 5.41) is 6.26. The van der Waals surface area contributed by atoms with Crippen LogP contribution in [0.25, 0.3) is 11.4 Å². The van der Waals surface area contributed by atoms with Crippen molar-refractivity contribution in [1.29, 1.82) is 0 Å². The van der Waals surface area contributed by atoms with E-state index < -0.39 is 22.8 Å². The Hall–Kier alpha value is -3.01. The molecule has 166 valence electrons. The van der Waals surface area contributed by atoms with Gasteiger partial charge >= 0.3 is 6.18 Å². The number of alkyl halides is 3. The lowest BCUT2D eigenvalue weighted by atomic mass is 9.81. The van der Waals surface area contributed by atoms with Gasteiger partial charge in [-0.2, -0.15) is 18.3 Å². The predicted molar refractivity (Wildman–Crippen MR) is 109 cm³/mol. The van der Waals surface area contributed by atoms with Gasteiger partial charge < -0.3 is 4.90 Å². The van der Waals surface area contributed by atoms with Crippen molar-refractivity contribution in [3.05, 3.63) is 57.9 Å². The maximum Gasteiger partial charge on any atom is 0.434 e. The Labute approximate surface area is 186 Å². The normalized spacial score (nSPS) is 20.2. The Bertz CT molecular complexity index is 1200. The highest BCUT2D eigenvalue weighted by Crippen LogP contribution is 2.45. The van der Waals surface area contributed by atoms with Crippen LogP contribution in [0.1, 0.15) is 58.4 Å². The van der Waals surface area contributed by atoms with Crippen molar-refractivity contribution >= 4 is 17.5 Å². The van der Waals surface area contributed by atoms with Gasteiger partial charge in [0.15, 0.2) is 5.69 Å². The second-order valence-corrected chi connectivity index (χ2v) is 8.37. The van der Waals surface area contributed by atoms with Gasteiger partial charge in [-0.3, -0.25) is 14.9 Å². The second kappa shape index (κ2) is 7.54. The van der Waals surface area contributed by atoms with Crippen LogP contribution in [0.5, 0.6) is 0 Å². The molecule has 32 heavy (non-hydrogen) atoms. The van der Waals surface area contributed by atoms with Gasteiger partial charge in [0.1, 0.15) is 5.82 Å². The maximum absolute atomic E-state index is 13.5. The van der Waals surface area contributed by atoms with Crippen molar-refractivity contribution in [2.45, 2.75) is 50.9 Å². The van der Waals surface area contributed by atoms with Crippen LogP contribution < -0.4 is 0 Å². The number of rotatable bonds is 2. The number of carbonyl (C=O) groups excluding carboxylic acids is 1. The number of halogens is 4. The fourth-order valence-electron chi connectivity index (χ4n) is 4.74. The van der Waals surface area contributed by atoms with Gasteiger partial charge in [-0.25, -0.2) is 9.97 Å². The molecule has 0 radical (unpaired) electrons. The minimum atomic E-state index is -4.75. The average Bonchev–Trinajstić information content (AvgIpc) is 3.27. The van der Waals surface area contributed by atoms with Gasteiger partial charge in [-0.1, -0.05) is 11.6 Å². The summed E-state index contributed by atoms with van der Waals surface area (Å²) in [7, 11) is 0. The summed E-state index contributed by atoms with van der Waals surface area (Å²) in [6.45, 7) is 1.77. The average molecular weight is 463 g/mol. The topological polar surface area (TPSA) is 87.7 Å². The molecule has 1 amide bonds. The molecule has 0 aliphatic carbocycles. The number of aromatic nitrogens is 5. The molecule has 0 aromatic carbocycles. The Balaban J connectivity index is 1.60. The molecule has 0 unspecified atom stereocenters. The van der Waals surface area contributed by atoms with Crippen LogP contribution in [-0.2, 0) is 12.6 Å². The molecule has 5 heterocycles. The number of aromatic amines is 1. The summed E-state index contributed by atoms with van der Waals surface area (Å²) in [5.41, 5.74) is 1.72. The van der Waals surface area contributed by atoms with Crippen molar-refractivity contribution in [3.63, 3.8) is 0 Å². The largest absolute Gasteiger partial charge is 0.434 e. The number of pyridine rings is 1. The van der Waals surface area contributed by atoms with E-state index in [2.05, 4.69) is 25.1 Å². The minimum Gasteiger partial charge on any atom is -0.327 e. The molecule has 0 saturated carbocycles. The first-order valence-electron chi connectivity index (χ1n) is 10.2. The Morgan fingerprint density at radius 2 is 2.03 bits per heavy atom. The van der Waals surface area contributed by atoms with Gasteiger partial charge in [-0.05, 0) is 44.7 Å². The molecular formula is C21H18ClF3N6O. The summed E-state index contributed by atoms with van der Waals surface area (Å²) in [4.78, 5) is 27.7. The molecule has 1 saturated heterocycles. The number of nitrogens with zero attached hydrogens (tertiary/aromatic N) is 5. The van der Waals surface area contributed by atoms with E-state index in [4.69, 9.17) is 11.6 Å². The number of fused-ring (bicyclic) bond motifs is 4. The first-order chi connectivity index (χ1) is 15.3. The molecule has 0 spiro atoms. The number of H-pyrrole nitrogens is 1. The predicted octanol–water partition coefficient (Wildman–Crippen LogP) is 4.53. The second-order valence-electron chi connectivity index (χ2n) is 7.99. The van der Waals surface area contributed by atoms with E-state index in [-0.39, 0.29) is 17.6 Å². The SMILES string of the molecule is Cc1nc(-c2ccn[nH]2)c2c(n1)[C@@H]1CCC[C@H](C2)N1C(=O)c1ccnc(C(F)(F)F)c1Cl. The summed E-state index contributed by atoms with van der Waals surface area (Å²) >= 11 is 6.02. The van der Waals surface area contributed by atoms with Crippen molar-refractivity contribution in [2.24, 2.45) is 0 Å². The lowest BCUT2D eigenvalue weighted by Crippen LogP contribution is -2.50. The lowest BCUT2D eigenvalue weighted by Gasteiger charge is -2.46. The molecule has 1 fully saturated rings. The lowest BCUT2D eigenvalue weighted by molar-refractivity contribution is -0.141. The molecular weight excluding hydrogens is 445 g/mol. The molecule has 2 aliphatic rings. The molecule has 2 bridgehead atoms. The van der Waals surface area contributed by atoms with Crippen LogP contribution in [0.4, 0.5) is 13.2 Å². The molecule has 5 rings (SSSR count). The molecule has 3 aromatic heterocycles. The van der Waals surface area contributed by atoms with Crippen molar-refractivity contribution in [2.75, 3.05) is 0 Å². The van der Waals surface area contributed by atoms with Crippen LogP contribution in [0.15, 0.2) is 24.5 Å². The Morgan fingerprint density at radius 1 is 1.22 bits per heavy atom. The van der Waals surface area contributed by atoms with E-state index in [9.17, 15) is 18.0 Å². The summed E-state index contributed by atoms with van der Waals surface area (Å²) in [5.74, 6) is 0.00804. The number of hydrogen-bond acceptors (Lipinski definition) is 5. The highest BCUT2D eigenvalue weighted by Gasteiger charge is 2.44. The number of aryl methyl sites for hydroxylation is 1. The zero-order chi connectivity index (χ0) is 22.6. The first-order valence-corrected chi connectivity index (χ1v) is 10.5. The quantitative estimate of drug-likeness (QED) is 0.604. The van der Waals surface area contributed by atoms with E-state index in [0.29, 0.717) is 18.7 Å². The number of piperidine rings is 1. The first kappa shape index (κ1) is 20.9. The third kappa shape index (κ3) is 3.33. The van der Waals surface area contributed by atoms with Crippen LogP contribution in [-0.4, -0.2) is 42.0 Å². The van der Waals surface area contributed by atoms with E-state index in [1.807, 2.05) is 6.07 Å². The smallest absolute Gasteiger partial charge is 0.327 e. The third-order valence-electron chi connectivity index (χ3n) is 6.03. The Kier molecular flexibility index (Phi) is 4.92. The van der Waals surface area contributed by atoms with Crippen molar-refractivity contribution < 1.29 is 18.0 Å². The van der Waals surface area contributed by atoms with Gasteiger partial charge in [0.2, 0.25) is 0 Å². The third-order valence-corrected chi connectivity index (χ3v) is 6.41. The van der Waals surface area contributed by atoms with Crippen LogP contribution in [0.2, 0.25) is 5.02 Å². The Morgan fingerprint density at radius 3 is 2.75 bits per heavy atom. The number of amides is 1. The fourth-order valence-corrected chi connectivity index (χ4v) is 5.04. The molecule has 7 nitrogen and oxygen atoms in total. The molecule has 2 aliphatic heterocycles. The number of hydrogen-bond donors (Lipinski definition) is 1. The summed E-state index contributed by atoms with van der Waals surface area (Å²) in [6.07, 6.45) is 0.636. The van der Waals surface area contributed by atoms with Crippen LogP contribution in [0, 0.1) is 6.92 Å². The highest BCUT2D eigenvalue weighted by atomic mass is 35.5. The van der Waals surface area contributed by atoms with Gasteiger partial charge in [0.05, 0.1) is 33.7 Å². The summed E-state index contributed by atoms with van der Waals surface area (Å²) in [6, 6.07) is 2.50. The summed E-state index contributed by atoms with van der Waals surface area (Å²) < 4.78 is 39.9. The van der Waals surface area contributed by atoms with Crippen molar-refractivity contribution in [3.8, 4) is 11.4 Å². The highest BCUT2D eigenvalue weighted by molar-refractivity contribution is 6.34.